The van der Waals surface area contributed by atoms with Gasteiger partial charge in [-0.1, -0.05) is 36.4 Å². The Morgan fingerprint density at radius 1 is 0.964 bits per heavy atom. The Hall–Kier alpha value is -2.17. The number of ether oxygens (including phenoxy) is 1. The van der Waals surface area contributed by atoms with Crippen LogP contribution < -0.4 is 0 Å². The highest BCUT2D eigenvalue weighted by Gasteiger charge is 2.15. The number of fused-ring (bicyclic) bond motifs is 1. The van der Waals surface area contributed by atoms with Crippen molar-refractivity contribution < 1.29 is 9.13 Å². The van der Waals surface area contributed by atoms with E-state index >= 15 is 0 Å². The van der Waals surface area contributed by atoms with E-state index in [2.05, 4.69) is 40.7 Å². The topological polar surface area (TPSA) is 17.4 Å². The molecule has 4 heteroatoms. The van der Waals surface area contributed by atoms with Gasteiger partial charge in [0.05, 0.1) is 19.8 Å². The number of unbranched alkanes of at least 4 members (excludes halogenated alkanes) is 1. The van der Waals surface area contributed by atoms with Crippen LogP contribution in [0.4, 0.5) is 4.39 Å². The van der Waals surface area contributed by atoms with Crippen LogP contribution in [-0.4, -0.2) is 42.3 Å². The predicted octanol–water partition coefficient (Wildman–Crippen LogP) is 4.79. The molecule has 1 aromatic heterocycles. The van der Waals surface area contributed by atoms with Crippen LogP contribution in [0.3, 0.4) is 0 Å². The van der Waals surface area contributed by atoms with Gasteiger partial charge in [0.15, 0.2) is 0 Å². The molecule has 3 nitrogen and oxygen atoms in total. The first-order chi connectivity index (χ1) is 13.7. The normalized spacial score (nSPS) is 15.4. The van der Waals surface area contributed by atoms with Crippen molar-refractivity contribution in [1.82, 2.24) is 9.47 Å². The highest BCUT2D eigenvalue weighted by atomic mass is 19.1. The molecule has 0 saturated carbocycles. The molecule has 1 saturated heterocycles. The summed E-state index contributed by atoms with van der Waals surface area (Å²) < 4.78 is 21.9. The van der Waals surface area contributed by atoms with Crippen LogP contribution in [0.15, 0.2) is 48.5 Å². The van der Waals surface area contributed by atoms with Crippen molar-refractivity contribution in [3.05, 3.63) is 71.2 Å². The molecule has 0 unspecified atom stereocenters. The molecule has 0 bridgehead atoms. The van der Waals surface area contributed by atoms with E-state index in [9.17, 15) is 4.39 Å². The summed E-state index contributed by atoms with van der Waals surface area (Å²) in [6.45, 7) is 7.74. The number of aromatic nitrogens is 1. The number of para-hydroxylation sites is 1. The zero-order chi connectivity index (χ0) is 19.3. The summed E-state index contributed by atoms with van der Waals surface area (Å²) in [5, 5.41) is 1.31. The highest BCUT2D eigenvalue weighted by molar-refractivity contribution is 5.85. The molecule has 1 aliphatic rings. The van der Waals surface area contributed by atoms with Crippen LogP contribution in [0.25, 0.3) is 10.9 Å². The molecule has 0 N–H and O–H groups in total. The third kappa shape index (κ3) is 4.13. The molecule has 0 spiro atoms. The van der Waals surface area contributed by atoms with E-state index in [0.717, 1.165) is 44.8 Å². The van der Waals surface area contributed by atoms with E-state index in [4.69, 9.17) is 4.74 Å². The number of halogens is 1. The number of nitrogens with zero attached hydrogens (tertiary/aromatic N) is 2. The molecule has 28 heavy (non-hydrogen) atoms. The number of benzene rings is 2. The SMILES string of the molecule is Cc1c(CCCCN2CCOCC2)c2ccccc2n1Cc1ccccc1F. The second-order valence-electron chi connectivity index (χ2n) is 7.67. The Balaban J connectivity index is 1.50. The minimum Gasteiger partial charge on any atom is -0.379 e. The summed E-state index contributed by atoms with van der Waals surface area (Å²) in [7, 11) is 0. The van der Waals surface area contributed by atoms with Crippen molar-refractivity contribution in [2.24, 2.45) is 0 Å². The maximum absolute atomic E-state index is 14.2. The Kier molecular flexibility index (Phi) is 6.08. The van der Waals surface area contributed by atoms with Crippen molar-refractivity contribution in [2.45, 2.75) is 32.7 Å². The smallest absolute Gasteiger partial charge is 0.128 e. The summed E-state index contributed by atoms with van der Waals surface area (Å²) in [4.78, 5) is 2.50. The van der Waals surface area contributed by atoms with Crippen LogP contribution in [0.2, 0.25) is 0 Å². The van der Waals surface area contributed by atoms with E-state index in [0.29, 0.717) is 6.54 Å². The fraction of sp³-hybridized carbons (Fsp3) is 0.417. The molecule has 0 aliphatic carbocycles. The van der Waals surface area contributed by atoms with E-state index in [1.165, 1.54) is 35.0 Å². The maximum Gasteiger partial charge on any atom is 0.128 e. The third-order valence-corrected chi connectivity index (χ3v) is 5.90. The summed E-state index contributed by atoms with van der Waals surface area (Å²) in [5.74, 6) is -0.133. The van der Waals surface area contributed by atoms with Gasteiger partial charge in [0.1, 0.15) is 5.82 Å². The molecule has 1 fully saturated rings. The molecule has 148 valence electrons. The van der Waals surface area contributed by atoms with Gasteiger partial charge in [0.25, 0.3) is 0 Å². The van der Waals surface area contributed by atoms with Gasteiger partial charge in [-0.15, -0.1) is 0 Å². The van der Waals surface area contributed by atoms with Crippen molar-refractivity contribution >= 4 is 10.9 Å². The van der Waals surface area contributed by atoms with Crippen LogP contribution >= 0.6 is 0 Å². The van der Waals surface area contributed by atoms with Gasteiger partial charge in [-0.3, -0.25) is 4.90 Å². The Morgan fingerprint density at radius 2 is 1.71 bits per heavy atom. The van der Waals surface area contributed by atoms with Gasteiger partial charge >= 0.3 is 0 Å². The van der Waals surface area contributed by atoms with Crippen LogP contribution in [0.5, 0.6) is 0 Å². The van der Waals surface area contributed by atoms with E-state index in [-0.39, 0.29) is 5.82 Å². The van der Waals surface area contributed by atoms with Crippen molar-refractivity contribution in [1.29, 1.82) is 0 Å². The zero-order valence-corrected chi connectivity index (χ0v) is 16.7. The first-order valence-corrected chi connectivity index (χ1v) is 10.3. The lowest BCUT2D eigenvalue weighted by molar-refractivity contribution is 0.0372. The Labute approximate surface area is 166 Å². The van der Waals surface area contributed by atoms with E-state index < -0.39 is 0 Å². The molecule has 0 radical (unpaired) electrons. The molecule has 0 amide bonds. The van der Waals surface area contributed by atoms with Gasteiger partial charge in [-0.05, 0) is 50.4 Å². The van der Waals surface area contributed by atoms with Gasteiger partial charge < -0.3 is 9.30 Å². The van der Waals surface area contributed by atoms with Crippen LogP contribution in [-0.2, 0) is 17.7 Å². The molecule has 1 aliphatic heterocycles. The average Bonchev–Trinajstić information content (AvgIpc) is 2.99. The molecular weight excluding hydrogens is 351 g/mol. The highest BCUT2D eigenvalue weighted by Crippen LogP contribution is 2.28. The number of hydrogen-bond acceptors (Lipinski definition) is 2. The van der Waals surface area contributed by atoms with Crippen molar-refractivity contribution in [3.8, 4) is 0 Å². The number of rotatable bonds is 7. The van der Waals surface area contributed by atoms with Crippen molar-refractivity contribution in [2.75, 3.05) is 32.8 Å². The first kappa shape index (κ1) is 19.2. The van der Waals surface area contributed by atoms with Gasteiger partial charge in [-0.25, -0.2) is 4.39 Å². The van der Waals surface area contributed by atoms with Crippen LogP contribution in [0.1, 0.15) is 29.7 Å². The molecular formula is C24H29FN2O. The van der Waals surface area contributed by atoms with E-state index in [1.54, 1.807) is 12.1 Å². The second-order valence-corrected chi connectivity index (χ2v) is 7.67. The summed E-state index contributed by atoms with van der Waals surface area (Å²) >= 11 is 0. The second kappa shape index (κ2) is 8.89. The van der Waals surface area contributed by atoms with Gasteiger partial charge in [-0.2, -0.15) is 0 Å². The first-order valence-electron chi connectivity index (χ1n) is 10.3. The third-order valence-electron chi connectivity index (χ3n) is 5.90. The number of aryl methyl sites for hydroxylation is 1. The summed E-state index contributed by atoms with van der Waals surface area (Å²) in [6, 6.07) is 15.6. The molecule has 3 aromatic rings. The number of morpholine rings is 1. The predicted molar refractivity (Wildman–Crippen MR) is 112 cm³/mol. The summed E-state index contributed by atoms with van der Waals surface area (Å²) in [6.07, 6.45) is 3.44. The quantitative estimate of drug-likeness (QED) is 0.548. The van der Waals surface area contributed by atoms with Crippen molar-refractivity contribution in [3.63, 3.8) is 0 Å². The standard InChI is InChI=1S/C24H29FN2O/c1-19-21(9-6-7-13-26-14-16-28-17-15-26)22-10-3-5-12-24(22)27(19)18-20-8-2-4-11-23(20)25/h2-5,8,10-12H,6-7,9,13-18H2,1H3. The molecule has 2 aromatic carbocycles. The number of hydrogen-bond donors (Lipinski definition) is 0. The lowest BCUT2D eigenvalue weighted by Gasteiger charge is -2.26. The fourth-order valence-corrected chi connectivity index (χ4v) is 4.28. The zero-order valence-electron chi connectivity index (χ0n) is 16.7. The van der Waals surface area contributed by atoms with Gasteiger partial charge in [0.2, 0.25) is 0 Å². The maximum atomic E-state index is 14.2. The minimum atomic E-state index is -0.133. The lowest BCUT2D eigenvalue weighted by atomic mass is 10.0. The van der Waals surface area contributed by atoms with Crippen LogP contribution in [0, 0.1) is 12.7 Å². The Bertz CT molecular complexity index is 927. The minimum absolute atomic E-state index is 0.133. The molecule has 2 heterocycles. The monoisotopic (exact) mass is 380 g/mol. The van der Waals surface area contributed by atoms with Gasteiger partial charge in [0, 0.05) is 35.2 Å². The molecule has 4 rings (SSSR count). The summed E-state index contributed by atoms with van der Waals surface area (Å²) in [5.41, 5.74) is 4.61. The lowest BCUT2D eigenvalue weighted by Crippen LogP contribution is -2.36. The van der Waals surface area contributed by atoms with E-state index in [1.807, 2.05) is 12.1 Å². The fourth-order valence-electron chi connectivity index (χ4n) is 4.28. The molecule has 0 atom stereocenters. The Morgan fingerprint density at radius 3 is 2.54 bits per heavy atom. The largest absolute Gasteiger partial charge is 0.379 e. The average molecular weight is 381 g/mol.